The second-order valence-corrected chi connectivity index (χ2v) is 12.3. The highest BCUT2D eigenvalue weighted by Crippen LogP contribution is 2.35. The van der Waals surface area contributed by atoms with Crippen LogP contribution in [0.2, 0.25) is 0 Å². The first-order valence-corrected chi connectivity index (χ1v) is 15.5. The zero-order chi connectivity index (χ0) is 30.2. The monoisotopic (exact) mass is 596 g/mol. The van der Waals surface area contributed by atoms with Crippen molar-refractivity contribution in [2.75, 3.05) is 61.8 Å². The van der Waals surface area contributed by atoms with Crippen molar-refractivity contribution in [2.24, 2.45) is 5.73 Å². The number of piperazine rings is 1. The normalized spacial score (nSPS) is 21.7. The van der Waals surface area contributed by atoms with Gasteiger partial charge in [0.25, 0.3) is 5.91 Å². The molecule has 3 fully saturated rings. The number of rotatable bonds is 8. The average Bonchev–Trinajstić information content (AvgIpc) is 3.51. The van der Waals surface area contributed by atoms with E-state index in [1.807, 2.05) is 30.3 Å². The number of H-pyrrole nitrogens is 1. The summed E-state index contributed by atoms with van der Waals surface area (Å²) in [6.07, 6.45) is 4.86. The minimum atomic E-state index is -0.680. The van der Waals surface area contributed by atoms with Crippen LogP contribution >= 0.6 is 0 Å². The van der Waals surface area contributed by atoms with Gasteiger partial charge in [0.1, 0.15) is 5.69 Å². The topological polar surface area (TPSA) is 152 Å². The SMILES string of the molecule is CN1CCN(C2CCN(c3ccc(Nc4nc(N[C@H]5C[C@H](O)C5)c(-c5cccc6[nH]cnc56)nc4C(N)=O)cc3)CC2)CC1. The molecule has 230 valence electrons. The van der Waals surface area contributed by atoms with Crippen molar-refractivity contribution in [1.82, 2.24) is 29.7 Å². The van der Waals surface area contributed by atoms with Crippen LogP contribution in [0.4, 0.5) is 23.0 Å². The van der Waals surface area contributed by atoms with Gasteiger partial charge in [0.15, 0.2) is 17.3 Å². The first kappa shape index (κ1) is 28.5. The van der Waals surface area contributed by atoms with Crippen LogP contribution in [0.1, 0.15) is 36.2 Å². The van der Waals surface area contributed by atoms with Crippen LogP contribution in [0.25, 0.3) is 22.3 Å². The molecule has 1 saturated carbocycles. The Balaban J connectivity index is 1.11. The molecule has 44 heavy (non-hydrogen) atoms. The number of amides is 1. The minimum absolute atomic E-state index is 0.0433. The van der Waals surface area contributed by atoms with Crippen molar-refractivity contribution in [3.63, 3.8) is 0 Å². The molecular formula is C32H40N10O2. The first-order valence-electron chi connectivity index (χ1n) is 15.5. The third-order valence-corrected chi connectivity index (χ3v) is 9.30. The maximum atomic E-state index is 12.7. The highest BCUT2D eigenvalue weighted by molar-refractivity contribution is 5.99. The summed E-state index contributed by atoms with van der Waals surface area (Å²) in [4.78, 5) is 37.4. The maximum Gasteiger partial charge on any atom is 0.271 e. The number of aromatic nitrogens is 4. The number of anilines is 4. The Hall–Kier alpha value is -4.26. The smallest absolute Gasteiger partial charge is 0.271 e. The number of benzene rings is 2. The molecule has 0 spiro atoms. The fourth-order valence-electron chi connectivity index (χ4n) is 6.61. The van der Waals surface area contributed by atoms with Crippen LogP contribution in [0.15, 0.2) is 48.8 Å². The van der Waals surface area contributed by atoms with E-state index < -0.39 is 5.91 Å². The van der Waals surface area contributed by atoms with Gasteiger partial charge in [-0.05, 0) is 63.1 Å². The van der Waals surface area contributed by atoms with Gasteiger partial charge in [-0.25, -0.2) is 15.0 Å². The van der Waals surface area contributed by atoms with Gasteiger partial charge in [0.05, 0.1) is 23.5 Å². The third-order valence-electron chi connectivity index (χ3n) is 9.30. The summed E-state index contributed by atoms with van der Waals surface area (Å²) in [7, 11) is 2.20. The van der Waals surface area contributed by atoms with E-state index in [2.05, 4.69) is 54.5 Å². The molecule has 3 aliphatic rings. The van der Waals surface area contributed by atoms with E-state index in [1.165, 1.54) is 18.5 Å². The van der Waals surface area contributed by atoms with E-state index in [0.29, 0.717) is 30.4 Å². The van der Waals surface area contributed by atoms with Gasteiger partial charge in [-0.1, -0.05) is 12.1 Å². The van der Waals surface area contributed by atoms with E-state index in [0.717, 1.165) is 61.6 Å². The molecule has 2 aromatic heterocycles. The molecule has 1 aliphatic carbocycles. The van der Waals surface area contributed by atoms with Gasteiger partial charge in [0.2, 0.25) is 0 Å². The fraction of sp³-hybridized carbons (Fsp3) is 0.438. The summed E-state index contributed by atoms with van der Waals surface area (Å²) in [6, 6.07) is 14.7. The molecule has 0 atom stereocenters. The third kappa shape index (κ3) is 5.80. The number of carbonyl (C=O) groups is 1. The lowest BCUT2D eigenvalue weighted by Crippen LogP contribution is -2.52. The Kier molecular flexibility index (Phi) is 7.79. The standard InChI is InChI=1S/C32H40N10O2/c1-40-13-15-42(16-14-40)23-9-11-41(12-10-23)22-7-5-20(6-8-22)36-32-29(30(33)44)38-28(31(39-32)37-21-17-24(43)18-21)25-3-2-4-26-27(25)35-19-34-26/h2-8,19,21,23-24,43H,9-18H2,1H3,(H2,33,44)(H,34,35)(H2,36,37,39)/t21-,24-. The molecule has 4 heterocycles. The van der Waals surface area contributed by atoms with Crippen LogP contribution in [0.3, 0.4) is 0 Å². The molecule has 0 bridgehead atoms. The Morgan fingerprint density at radius 3 is 2.43 bits per heavy atom. The second kappa shape index (κ2) is 12.0. The molecule has 7 rings (SSSR count). The van der Waals surface area contributed by atoms with Gasteiger partial charge >= 0.3 is 0 Å². The highest BCUT2D eigenvalue weighted by atomic mass is 16.3. The number of nitrogens with zero attached hydrogens (tertiary/aromatic N) is 6. The minimum Gasteiger partial charge on any atom is -0.393 e. The lowest BCUT2D eigenvalue weighted by atomic mass is 9.89. The van der Waals surface area contributed by atoms with Crippen LogP contribution in [0, 0.1) is 0 Å². The number of primary amides is 1. The van der Waals surface area contributed by atoms with Crippen LogP contribution in [0.5, 0.6) is 0 Å². The molecule has 12 heteroatoms. The van der Waals surface area contributed by atoms with Crippen LogP contribution < -0.4 is 21.3 Å². The summed E-state index contributed by atoms with van der Waals surface area (Å²) >= 11 is 0. The van der Waals surface area contributed by atoms with E-state index in [9.17, 15) is 9.90 Å². The number of para-hydroxylation sites is 1. The molecule has 6 N–H and O–H groups in total. The van der Waals surface area contributed by atoms with E-state index in [1.54, 1.807) is 6.33 Å². The maximum absolute atomic E-state index is 12.7. The number of piperidine rings is 1. The summed E-state index contributed by atoms with van der Waals surface area (Å²) in [5, 5.41) is 16.6. The fourth-order valence-corrected chi connectivity index (χ4v) is 6.61. The summed E-state index contributed by atoms with van der Waals surface area (Å²) in [5.74, 6) is 0.101. The van der Waals surface area contributed by atoms with Crippen molar-refractivity contribution in [3.05, 3.63) is 54.5 Å². The molecule has 4 aromatic rings. The molecule has 2 saturated heterocycles. The Morgan fingerprint density at radius 1 is 0.977 bits per heavy atom. The van der Waals surface area contributed by atoms with Gasteiger partial charge in [0, 0.05) is 68.3 Å². The number of carbonyl (C=O) groups excluding carboxylic acids is 1. The largest absolute Gasteiger partial charge is 0.393 e. The van der Waals surface area contributed by atoms with Gasteiger partial charge < -0.3 is 36.3 Å². The number of nitrogens with two attached hydrogens (primary N) is 1. The number of aliphatic hydroxyl groups excluding tert-OH is 1. The van der Waals surface area contributed by atoms with Crippen molar-refractivity contribution in [2.45, 2.75) is 43.9 Å². The summed E-state index contributed by atoms with van der Waals surface area (Å²) < 4.78 is 0. The number of nitrogens with one attached hydrogen (secondary N) is 3. The predicted molar refractivity (Wildman–Crippen MR) is 172 cm³/mol. The molecule has 2 aliphatic heterocycles. The van der Waals surface area contributed by atoms with Crippen LogP contribution in [-0.4, -0.2) is 105 Å². The highest BCUT2D eigenvalue weighted by Gasteiger charge is 2.30. The average molecular weight is 597 g/mol. The van der Waals surface area contributed by atoms with Crippen molar-refractivity contribution < 1.29 is 9.90 Å². The molecular weight excluding hydrogens is 556 g/mol. The number of hydrogen-bond acceptors (Lipinski definition) is 10. The lowest BCUT2D eigenvalue weighted by molar-refractivity contribution is 0.0835. The Labute approximate surface area is 256 Å². The number of aliphatic hydroxyl groups is 1. The van der Waals surface area contributed by atoms with Gasteiger partial charge in [-0.15, -0.1) is 0 Å². The molecule has 12 nitrogen and oxygen atoms in total. The lowest BCUT2D eigenvalue weighted by Gasteiger charge is -2.42. The van der Waals surface area contributed by atoms with E-state index >= 15 is 0 Å². The zero-order valence-corrected chi connectivity index (χ0v) is 25.0. The van der Waals surface area contributed by atoms with Crippen molar-refractivity contribution in [1.29, 1.82) is 0 Å². The van der Waals surface area contributed by atoms with Gasteiger partial charge in [-0.2, -0.15) is 0 Å². The number of hydrogen-bond donors (Lipinski definition) is 5. The Bertz CT molecular complexity index is 1620. The quantitative estimate of drug-likeness (QED) is 0.205. The number of fused-ring (bicyclic) bond motifs is 1. The number of imidazole rings is 1. The van der Waals surface area contributed by atoms with Crippen molar-refractivity contribution >= 4 is 40.0 Å². The summed E-state index contributed by atoms with van der Waals surface area (Å²) in [6.45, 7) is 6.71. The van der Waals surface area contributed by atoms with E-state index in [-0.39, 0.29) is 23.7 Å². The summed E-state index contributed by atoms with van der Waals surface area (Å²) in [5.41, 5.74) is 10.6. The predicted octanol–water partition coefficient (Wildman–Crippen LogP) is 3.01. The number of likely N-dealkylation sites (N-methyl/N-ethyl adjacent to an activating group) is 1. The van der Waals surface area contributed by atoms with E-state index in [4.69, 9.17) is 15.7 Å². The van der Waals surface area contributed by atoms with Crippen molar-refractivity contribution in [3.8, 4) is 11.3 Å². The number of aromatic amines is 1. The molecule has 0 unspecified atom stereocenters. The first-order chi connectivity index (χ1) is 21.4. The molecule has 2 aromatic carbocycles. The van der Waals surface area contributed by atoms with Crippen LogP contribution in [-0.2, 0) is 0 Å². The zero-order valence-electron chi connectivity index (χ0n) is 25.0. The van der Waals surface area contributed by atoms with Gasteiger partial charge in [-0.3, -0.25) is 9.69 Å². The second-order valence-electron chi connectivity index (χ2n) is 12.3. The molecule has 0 radical (unpaired) electrons. The molecule has 1 amide bonds. The Morgan fingerprint density at radius 2 is 1.73 bits per heavy atom.